The molecule has 0 amide bonds. The van der Waals surface area contributed by atoms with Crippen molar-refractivity contribution in [2.75, 3.05) is 6.61 Å². The second kappa shape index (κ2) is 13.5. The van der Waals surface area contributed by atoms with Gasteiger partial charge in [0.05, 0.1) is 6.61 Å². The van der Waals surface area contributed by atoms with Gasteiger partial charge in [0.1, 0.15) is 8.07 Å². The number of hydrogen-bond donors (Lipinski definition) is 0. The molecule has 0 aliphatic carbocycles. The first kappa shape index (κ1) is 32.8. The Morgan fingerprint density at radius 3 is 1.78 bits per heavy atom. The van der Waals surface area contributed by atoms with Gasteiger partial charge in [-0.2, -0.15) is 0 Å². The molecular formula is C33H46O6Si2. The summed E-state index contributed by atoms with van der Waals surface area (Å²) in [6.45, 7) is 16.1. The Hall–Kier alpha value is -2.71. The van der Waals surface area contributed by atoms with Gasteiger partial charge in [-0.3, -0.25) is 9.59 Å². The van der Waals surface area contributed by atoms with Crippen LogP contribution < -0.4 is 10.4 Å². The SMILES string of the molecule is CC[Si](C#C[C@@]1(CO[Si](c2ccccc2)(c2ccccc2)C(C)(C)C)CC(OC(C)=O)[C@@H](OC(C)=O)O1)(CC)CC. The van der Waals surface area contributed by atoms with Crippen LogP contribution >= 0.6 is 0 Å². The minimum atomic E-state index is -2.92. The molecule has 222 valence electrons. The van der Waals surface area contributed by atoms with Crippen LogP contribution in [0.5, 0.6) is 0 Å². The number of rotatable bonds is 10. The zero-order chi connectivity index (χ0) is 30.3. The van der Waals surface area contributed by atoms with Crippen molar-refractivity contribution in [3.05, 3.63) is 60.7 Å². The molecule has 1 heterocycles. The summed E-state index contributed by atoms with van der Waals surface area (Å²) in [4.78, 5) is 24.1. The van der Waals surface area contributed by atoms with Gasteiger partial charge in [-0.25, -0.2) is 0 Å². The van der Waals surface area contributed by atoms with Gasteiger partial charge in [0.15, 0.2) is 11.7 Å². The van der Waals surface area contributed by atoms with Crippen LogP contribution in [0.25, 0.3) is 0 Å². The zero-order valence-electron chi connectivity index (χ0n) is 25.9. The van der Waals surface area contributed by atoms with Crippen LogP contribution in [0.4, 0.5) is 0 Å². The first-order valence-electron chi connectivity index (χ1n) is 14.7. The number of ether oxygens (including phenoxy) is 3. The molecule has 8 heteroatoms. The molecule has 1 aliphatic heterocycles. The van der Waals surface area contributed by atoms with Crippen molar-refractivity contribution in [1.82, 2.24) is 0 Å². The molecule has 1 aliphatic rings. The maximum atomic E-state index is 12.0. The van der Waals surface area contributed by atoms with Crippen LogP contribution in [-0.2, 0) is 28.2 Å². The maximum absolute atomic E-state index is 12.0. The molecule has 0 saturated carbocycles. The summed E-state index contributed by atoms with van der Waals surface area (Å²) in [6.07, 6.45) is -1.60. The van der Waals surface area contributed by atoms with Gasteiger partial charge in [0, 0.05) is 20.3 Å². The second-order valence-corrected chi connectivity index (χ2v) is 21.2. The summed E-state index contributed by atoms with van der Waals surface area (Å²) in [5, 5.41) is 2.04. The number of esters is 2. The Morgan fingerprint density at radius 2 is 1.37 bits per heavy atom. The van der Waals surface area contributed by atoms with E-state index in [1.807, 2.05) is 36.4 Å². The van der Waals surface area contributed by atoms with E-state index in [0.29, 0.717) is 0 Å². The van der Waals surface area contributed by atoms with Gasteiger partial charge in [-0.05, 0) is 33.5 Å². The van der Waals surface area contributed by atoms with Crippen molar-refractivity contribution in [2.24, 2.45) is 0 Å². The van der Waals surface area contributed by atoms with E-state index >= 15 is 0 Å². The van der Waals surface area contributed by atoms with E-state index in [-0.39, 0.29) is 18.1 Å². The third-order valence-electron chi connectivity index (χ3n) is 8.30. The van der Waals surface area contributed by atoms with E-state index in [1.165, 1.54) is 13.8 Å². The maximum Gasteiger partial charge on any atom is 0.305 e. The smallest absolute Gasteiger partial charge is 0.305 e. The molecule has 0 N–H and O–H groups in total. The van der Waals surface area contributed by atoms with E-state index in [4.69, 9.17) is 18.6 Å². The van der Waals surface area contributed by atoms with Crippen molar-refractivity contribution >= 4 is 38.7 Å². The molecule has 2 aromatic carbocycles. The number of carbonyl (C=O) groups excluding carboxylic acids is 2. The van der Waals surface area contributed by atoms with Gasteiger partial charge < -0.3 is 18.6 Å². The fraction of sp³-hybridized carbons (Fsp3) is 0.515. The topological polar surface area (TPSA) is 71.1 Å². The molecular weight excluding hydrogens is 549 g/mol. The Bertz CT molecular complexity index is 1150. The summed E-state index contributed by atoms with van der Waals surface area (Å²) < 4.78 is 24.9. The fourth-order valence-corrected chi connectivity index (χ4v) is 12.9. The van der Waals surface area contributed by atoms with Crippen molar-refractivity contribution in [3.63, 3.8) is 0 Å². The average Bonchev–Trinajstić information content (AvgIpc) is 3.26. The highest BCUT2D eigenvalue weighted by atomic mass is 28.4. The number of carbonyl (C=O) groups is 2. The lowest BCUT2D eigenvalue weighted by Crippen LogP contribution is -2.67. The van der Waals surface area contributed by atoms with Crippen LogP contribution in [0.15, 0.2) is 60.7 Å². The van der Waals surface area contributed by atoms with Crippen LogP contribution in [0.2, 0.25) is 23.2 Å². The lowest BCUT2D eigenvalue weighted by Gasteiger charge is -2.44. The van der Waals surface area contributed by atoms with Gasteiger partial charge >= 0.3 is 11.9 Å². The van der Waals surface area contributed by atoms with Crippen LogP contribution in [0.1, 0.15) is 61.8 Å². The van der Waals surface area contributed by atoms with Crippen molar-refractivity contribution in [1.29, 1.82) is 0 Å². The summed E-state index contributed by atoms with van der Waals surface area (Å²) in [7, 11) is -4.80. The van der Waals surface area contributed by atoms with Crippen molar-refractivity contribution < 1.29 is 28.2 Å². The van der Waals surface area contributed by atoms with Gasteiger partial charge in [-0.15, -0.1) is 5.54 Å². The molecule has 1 fully saturated rings. The minimum absolute atomic E-state index is 0.143. The zero-order valence-corrected chi connectivity index (χ0v) is 27.9. The molecule has 3 rings (SSSR count). The van der Waals surface area contributed by atoms with Crippen molar-refractivity contribution in [2.45, 2.75) is 103 Å². The number of hydrogen-bond acceptors (Lipinski definition) is 6. The summed E-state index contributed by atoms with van der Waals surface area (Å²) >= 11 is 0. The average molecular weight is 595 g/mol. The standard InChI is InChI=1S/C33H46O6Si2/c1-9-40(10-2,11-3)23-22-33(24-30(37-26(4)34)31(39-33)38-27(5)35)25-36-41(32(6,7)8,28-18-14-12-15-19-28)29-20-16-13-17-21-29/h12-21,30-31H,9-11,24-25H2,1-8H3/t30?,31-,33-/m0/s1. The van der Waals surface area contributed by atoms with E-state index in [9.17, 15) is 9.59 Å². The fourth-order valence-electron chi connectivity index (χ4n) is 5.80. The molecule has 41 heavy (non-hydrogen) atoms. The van der Waals surface area contributed by atoms with Crippen LogP contribution in [0.3, 0.4) is 0 Å². The third kappa shape index (κ3) is 7.39. The highest BCUT2D eigenvalue weighted by molar-refractivity contribution is 6.99. The Balaban J connectivity index is 2.18. The summed E-state index contributed by atoms with van der Waals surface area (Å²) in [6, 6.07) is 23.9. The molecule has 0 spiro atoms. The molecule has 1 unspecified atom stereocenters. The van der Waals surface area contributed by atoms with E-state index in [2.05, 4.69) is 77.3 Å². The number of benzene rings is 2. The Morgan fingerprint density at radius 1 is 0.878 bits per heavy atom. The predicted molar refractivity (Wildman–Crippen MR) is 168 cm³/mol. The molecule has 3 atom stereocenters. The van der Waals surface area contributed by atoms with Gasteiger partial charge in [-0.1, -0.05) is 108 Å². The van der Waals surface area contributed by atoms with E-state index in [1.54, 1.807) is 0 Å². The van der Waals surface area contributed by atoms with Crippen molar-refractivity contribution in [3.8, 4) is 11.5 Å². The van der Waals surface area contributed by atoms with Crippen LogP contribution in [0, 0.1) is 11.5 Å². The molecule has 0 radical (unpaired) electrons. The molecule has 0 bridgehead atoms. The van der Waals surface area contributed by atoms with E-state index in [0.717, 1.165) is 28.5 Å². The lowest BCUT2D eigenvalue weighted by molar-refractivity contribution is -0.201. The second-order valence-electron chi connectivity index (χ2n) is 12.0. The third-order valence-corrected chi connectivity index (χ3v) is 18.0. The molecule has 1 saturated heterocycles. The largest absolute Gasteiger partial charge is 0.456 e. The highest BCUT2D eigenvalue weighted by Gasteiger charge is 2.55. The first-order valence-corrected chi connectivity index (χ1v) is 19.2. The highest BCUT2D eigenvalue weighted by Crippen LogP contribution is 2.40. The quantitative estimate of drug-likeness (QED) is 0.203. The van der Waals surface area contributed by atoms with Crippen LogP contribution in [-0.4, -0.2) is 52.9 Å². The molecule has 6 nitrogen and oxygen atoms in total. The minimum Gasteiger partial charge on any atom is -0.456 e. The summed E-state index contributed by atoms with van der Waals surface area (Å²) in [5.41, 5.74) is 2.57. The Labute approximate surface area is 248 Å². The molecule has 0 aromatic heterocycles. The summed E-state index contributed by atoms with van der Waals surface area (Å²) in [5.74, 6) is 2.55. The van der Waals surface area contributed by atoms with Gasteiger partial charge in [0.2, 0.25) is 6.29 Å². The van der Waals surface area contributed by atoms with E-state index < -0.39 is 46.3 Å². The first-order chi connectivity index (χ1) is 19.4. The Kier molecular flexibility index (Phi) is 10.8. The lowest BCUT2D eigenvalue weighted by atomic mass is 10.0. The van der Waals surface area contributed by atoms with Gasteiger partial charge in [0.25, 0.3) is 8.32 Å². The molecule has 2 aromatic rings. The predicted octanol–water partition coefficient (Wildman–Crippen LogP) is 5.59. The monoisotopic (exact) mass is 594 g/mol. The normalized spacial score (nSPS) is 21.1.